The summed E-state index contributed by atoms with van der Waals surface area (Å²) in [7, 11) is 1.36. The van der Waals surface area contributed by atoms with Gasteiger partial charge < -0.3 is 9.64 Å². The van der Waals surface area contributed by atoms with Crippen LogP contribution in [0.4, 0.5) is 4.39 Å². The van der Waals surface area contributed by atoms with Crippen molar-refractivity contribution in [1.82, 2.24) is 4.90 Å². The topological polar surface area (TPSA) is 46.6 Å². The summed E-state index contributed by atoms with van der Waals surface area (Å²) in [4.78, 5) is 25.8. The molecule has 1 atom stereocenters. The summed E-state index contributed by atoms with van der Waals surface area (Å²) < 4.78 is 18.2. The summed E-state index contributed by atoms with van der Waals surface area (Å²) in [6, 6.07) is 6.39. The Bertz CT molecular complexity index is 523. The zero-order valence-electron chi connectivity index (χ0n) is 11.9. The largest absolute Gasteiger partial charge is 0.469 e. The minimum atomic E-state index is -0.318. The van der Waals surface area contributed by atoms with E-state index in [4.69, 9.17) is 4.74 Å². The third-order valence-corrected chi connectivity index (χ3v) is 4.53. The highest BCUT2D eigenvalue weighted by molar-refractivity contribution is 8.00. The normalized spacial score (nSPS) is 18.4. The number of methoxy groups -OCH3 is 1. The molecule has 21 heavy (non-hydrogen) atoms. The van der Waals surface area contributed by atoms with E-state index in [0.717, 1.165) is 12.8 Å². The Labute approximate surface area is 127 Å². The minimum Gasteiger partial charge on any atom is -0.469 e. The molecule has 0 bridgehead atoms. The molecule has 0 aromatic heterocycles. The van der Waals surface area contributed by atoms with Crippen LogP contribution in [-0.2, 0) is 14.3 Å². The maximum Gasteiger partial charge on any atom is 0.310 e. The van der Waals surface area contributed by atoms with E-state index in [2.05, 4.69) is 0 Å². The molecule has 0 N–H and O–H groups in total. The van der Waals surface area contributed by atoms with E-state index in [1.165, 1.54) is 24.9 Å². The van der Waals surface area contributed by atoms with Crippen LogP contribution in [0, 0.1) is 11.7 Å². The second-order valence-electron chi connectivity index (χ2n) is 4.92. The quantitative estimate of drug-likeness (QED) is 0.632. The van der Waals surface area contributed by atoms with Crippen molar-refractivity contribution in [3.05, 3.63) is 30.1 Å². The zero-order chi connectivity index (χ0) is 15.2. The number of ether oxygens (including phenoxy) is 1. The van der Waals surface area contributed by atoms with Crippen molar-refractivity contribution in [2.75, 3.05) is 26.0 Å². The Balaban J connectivity index is 1.88. The lowest BCUT2D eigenvalue weighted by Gasteiger charge is -2.31. The lowest BCUT2D eigenvalue weighted by molar-refractivity contribution is -0.148. The monoisotopic (exact) mass is 311 g/mol. The van der Waals surface area contributed by atoms with E-state index in [9.17, 15) is 14.0 Å². The number of hydrogen-bond acceptors (Lipinski definition) is 4. The van der Waals surface area contributed by atoms with Crippen LogP contribution in [0.1, 0.15) is 12.8 Å². The molecule has 114 valence electrons. The lowest BCUT2D eigenvalue weighted by atomic mass is 9.98. The Hall–Kier alpha value is -1.56. The van der Waals surface area contributed by atoms with Gasteiger partial charge in [-0.3, -0.25) is 9.59 Å². The molecule has 0 aliphatic carbocycles. The zero-order valence-corrected chi connectivity index (χ0v) is 12.7. The Kier molecular flexibility index (Phi) is 5.61. The van der Waals surface area contributed by atoms with Crippen LogP contribution in [0.15, 0.2) is 29.2 Å². The molecule has 4 nitrogen and oxygen atoms in total. The van der Waals surface area contributed by atoms with Gasteiger partial charge in [0.05, 0.1) is 18.8 Å². The first-order valence-corrected chi connectivity index (χ1v) is 7.83. The highest BCUT2D eigenvalue weighted by atomic mass is 32.2. The molecule has 6 heteroatoms. The van der Waals surface area contributed by atoms with E-state index in [0.29, 0.717) is 18.0 Å². The van der Waals surface area contributed by atoms with Crippen molar-refractivity contribution in [3.63, 3.8) is 0 Å². The molecule has 1 unspecified atom stereocenters. The fourth-order valence-electron chi connectivity index (χ4n) is 2.36. The first-order valence-electron chi connectivity index (χ1n) is 6.84. The second-order valence-corrected chi connectivity index (χ2v) is 5.94. The number of esters is 1. The van der Waals surface area contributed by atoms with Crippen molar-refractivity contribution in [1.29, 1.82) is 0 Å². The first kappa shape index (κ1) is 15.8. The van der Waals surface area contributed by atoms with E-state index < -0.39 is 0 Å². The van der Waals surface area contributed by atoms with Crippen molar-refractivity contribution >= 4 is 23.6 Å². The van der Waals surface area contributed by atoms with Gasteiger partial charge in [-0.2, -0.15) is 0 Å². The minimum absolute atomic E-state index is 0.0724. The highest BCUT2D eigenvalue weighted by Gasteiger charge is 2.28. The van der Waals surface area contributed by atoms with E-state index >= 15 is 0 Å². The van der Waals surface area contributed by atoms with Crippen molar-refractivity contribution in [2.24, 2.45) is 5.92 Å². The summed E-state index contributed by atoms with van der Waals surface area (Å²) in [5.74, 6) is -0.729. The number of thioether (sulfide) groups is 1. The third-order valence-electron chi connectivity index (χ3n) is 3.50. The summed E-state index contributed by atoms with van der Waals surface area (Å²) in [6.07, 6.45) is 1.53. The van der Waals surface area contributed by atoms with Gasteiger partial charge in [0.2, 0.25) is 5.91 Å². The van der Waals surface area contributed by atoms with Crippen LogP contribution >= 0.6 is 11.8 Å². The number of piperidine rings is 1. The van der Waals surface area contributed by atoms with Crippen LogP contribution in [0.5, 0.6) is 0 Å². The van der Waals surface area contributed by atoms with Crippen LogP contribution in [0.2, 0.25) is 0 Å². The van der Waals surface area contributed by atoms with Gasteiger partial charge >= 0.3 is 5.97 Å². The molecule has 0 spiro atoms. The first-order chi connectivity index (χ1) is 10.1. The Morgan fingerprint density at radius 1 is 1.43 bits per heavy atom. The number of likely N-dealkylation sites (tertiary alicyclic amines) is 1. The van der Waals surface area contributed by atoms with Gasteiger partial charge in [0.25, 0.3) is 0 Å². The number of nitrogens with zero attached hydrogens (tertiary/aromatic N) is 1. The molecule has 1 aromatic rings. The summed E-state index contributed by atoms with van der Waals surface area (Å²) in [5.41, 5.74) is 0. The SMILES string of the molecule is COC(=O)C1CCCN(C(=O)CSc2ccccc2F)C1. The van der Waals surface area contributed by atoms with Gasteiger partial charge in [-0.1, -0.05) is 12.1 Å². The number of carbonyl (C=O) groups excluding carboxylic acids is 2. The Morgan fingerprint density at radius 3 is 2.90 bits per heavy atom. The lowest BCUT2D eigenvalue weighted by Crippen LogP contribution is -2.43. The number of rotatable bonds is 4. The van der Waals surface area contributed by atoms with Crippen molar-refractivity contribution in [2.45, 2.75) is 17.7 Å². The fraction of sp³-hybridized carbons (Fsp3) is 0.467. The standard InChI is InChI=1S/C15H18FNO3S/c1-20-15(19)11-5-4-8-17(9-11)14(18)10-21-13-7-3-2-6-12(13)16/h2-3,6-7,11H,4-5,8-10H2,1H3. The second kappa shape index (κ2) is 7.45. The predicted molar refractivity (Wildman–Crippen MR) is 78.4 cm³/mol. The molecule has 0 saturated carbocycles. The molecule has 2 rings (SSSR count). The maximum absolute atomic E-state index is 13.5. The molecule has 1 amide bonds. The van der Waals surface area contributed by atoms with Crippen molar-refractivity contribution < 1.29 is 18.7 Å². The number of carbonyl (C=O) groups is 2. The predicted octanol–water partition coefficient (Wildman–Crippen LogP) is 2.33. The maximum atomic E-state index is 13.5. The fourth-order valence-corrected chi connectivity index (χ4v) is 3.20. The van der Waals surface area contributed by atoms with E-state index in [-0.39, 0.29) is 29.4 Å². The molecule has 1 fully saturated rings. The summed E-state index contributed by atoms with van der Waals surface area (Å²) >= 11 is 1.18. The third kappa shape index (κ3) is 4.20. The number of hydrogen-bond donors (Lipinski definition) is 0. The molecule has 1 aromatic carbocycles. The van der Waals surface area contributed by atoms with Gasteiger partial charge in [-0.05, 0) is 25.0 Å². The molecule has 1 aliphatic rings. The average molecular weight is 311 g/mol. The summed E-state index contributed by atoms with van der Waals surface area (Å²) in [5, 5.41) is 0. The van der Waals surface area contributed by atoms with E-state index in [1.54, 1.807) is 23.1 Å². The number of benzene rings is 1. The van der Waals surface area contributed by atoms with Gasteiger partial charge in [-0.15, -0.1) is 11.8 Å². The van der Waals surface area contributed by atoms with Crippen LogP contribution in [-0.4, -0.2) is 42.7 Å². The van der Waals surface area contributed by atoms with E-state index in [1.807, 2.05) is 0 Å². The molecule has 1 saturated heterocycles. The van der Waals surface area contributed by atoms with Crippen LogP contribution < -0.4 is 0 Å². The highest BCUT2D eigenvalue weighted by Crippen LogP contribution is 2.23. The average Bonchev–Trinajstić information content (AvgIpc) is 2.53. The Morgan fingerprint density at radius 2 is 2.19 bits per heavy atom. The molecule has 0 radical (unpaired) electrons. The van der Waals surface area contributed by atoms with Crippen molar-refractivity contribution in [3.8, 4) is 0 Å². The molecular weight excluding hydrogens is 293 g/mol. The molecule has 1 heterocycles. The van der Waals surface area contributed by atoms with Gasteiger partial charge in [0.15, 0.2) is 0 Å². The molecular formula is C15H18FNO3S. The number of halogens is 1. The van der Waals surface area contributed by atoms with Gasteiger partial charge in [0.1, 0.15) is 5.82 Å². The van der Waals surface area contributed by atoms with Crippen LogP contribution in [0.25, 0.3) is 0 Å². The molecule has 1 aliphatic heterocycles. The van der Waals surface area contributed by atoms with Gasteiger partial charge in [-0.25, -0.2) is 4.39 Å². The summed E-state index contributed by atoms with van der Waals surface area (Å²) in [6.45, 7) is 1.04. The smallest absolute Gasteiger partial charge is 0.310 e. The number of amides is 1. The van der Waals surface area contributed by atoms with Gasteiger partial charge in [0, 0.05) is 18.0 Å². The van der Waals surface area contributed by atoms with Crippen LogP contribution in [0.3, 0.4) is 0 Å².